The van der Waals surface area contributed by atoms with Gasteiger partial charge in [-0.3, -0.25) is 5.32 Å². The molecular formula is C9H12N2S. The van der Waals surface area contributed by atoms with Crippen molar-refractivity contribution in [1.82, 2.24) is 5.32 Å². The van der Waals surface area contributed by atoms with E-state index in [4.69, 9.17) is 0 Å². The van der Waals surface area contributed by atoms with Crippen molar-refractivity contribution in [1.29, 1.82) is 0 Å². The Kier molecular flexibility index (Phi) is 2.54. The molecule has 1 atom stereocenters. The fourth-order valence-corrected chi connectivity index (χ4v) is 2.13. The fourth-order valence-electron chi connectivity index (χ4n) is 1.20. The van der Waals surface area contributed by atoms with Crippen LogP contribution in [0.3, 0.4) is 0 Å². The second kappa shape index (κ2) is 3.83. The molecule has 12 heavy (non-hydrogen) atoms. The molecule has 1 aliphatic rings. The maximum Gasteiger partial charge on any atom is 0.125 e. The molecule has 1 fully saturated rings. The van der Waals surface area contributed by atoms with Crippen molar-refractivity contribution in [3.05, 3.63) is 30.3 Å². The molecular weight excluding hydrogens is 168 g/mol. The number of nitrogens with one attached hydrogen (secondary N) is 2. The first-order chi connectivity index (χ1) is 5.95. The van der Waals surface area contributed by atoms with Gasteiger partial charge in [0.05, 0.1) is 0 Å². The first kappa shape index (κ1) is 7.95. The monoisotopic (exact) mass is 180 g/mol. The molecule has 1 saturated heterocycles. The van der Waals surface area contributed by atoms with Crippen molar-refractivity contribution in [2.45, 2.75) is 5.50 Å². The molecule has 3 heteroatoms. The van der Waals surface area contributed by atoms with Gasteiger partial charge in [-0.15, -0.1) is 11.8 Å². The Morgan fingerprint density at radius 2 is 2.17 bits per heavy atom. The minimum Gasteiger partial charge on any atom is -0.361 e. The fraction of sp³-hybridized carbons (Fsp3) is 0.333. The number of rotatable bonds is 2. The maximum atomic E-state index is 3.39. The molecule has 0 radical (unpaired) electrons. The quantitative estimate of drug-likeness (QED) is 0.724. The largest absolute Gasteiger partial charge is 0.361 e. The van der Waals surface area contributed by atoms with E-state index in [1.807, 2.05) is 30.0 Å². The number of anilines is 1. The van der Waals surface area contributed by atoms with E-state index in [0.29, 0.717) is 5.50 Å². The number of benzene rings is 1. The molecule has 0 bridgehead atoms. The Morgan fingerprint density at radius 1 is 1.33 bits per heavy atom. The zero-order valence-corrected chi connectivity index (χ0v) is 7.60. The molecule has 1 aromatic rings. The third kappa shape index (κ3) is 1.93. The summed E-state index contributed by atoms with van der Waals surface area (Å²) < 4.78 is 0. The molecule has 64 valence electrons. The number of thioether (sulfide) groups is 1. The molecule has 1 heterocycles. The standard InChI is InChI=1S/C9H12N2S/c1-2-4-8(5-3-1)11-9-10-6-7-12-9/h1-5,9-11H,6-7H2. The van der Waals surface area contributed by atoms with Crippen LogP contribution in [-0.2, 0) is 0 Å². The summed E-state index contributed by atoms with van der Waals surface area (Å²) in [6.45, 7) is 1.11. The summed E-state index contributed by atoms with van der Waals surface area (Å²) in [6, 6.07) is 10.3. The van der Waals surface area contributed by atoms with E-state index in [1.54, 1.807) is 0 Å². The highest BCUT2D eigenvalue weighted by molar-refractivity contribution is 8.00. The van der Waals surface area contributed by atoms with Crippen molar-refractivity contribution in [2.75, 3.05) is 17.6 Å². The molecule has 1 aliphatic heterocycles. The van der Waals surface area contributed by atoms with Crippen LogP contribution in [0.4, 0.5) is 5.69 Å². The van der Waals surface area contributed by atoms with Crippen LogP contribution in [0.25, 0.3) is 0 Å². The van der Waals surface area contributed by atoms with Crippen LogP contribution < -0.4 is 10.6 Å². The van der Waals surface area contributed by atoms with Crippen LogP contribution in [0.5, 0.6) is 0 Å². The van der Waals surface area contributed by atoms with Crippen molar-refractivity contribution in [3.8, 4) is 0 Å². The minimum absolute atomic E-state index is 0.396. The highest BCUT2D eigenvalue weighted by Gasteiger charge is 2.12. The van der Waals surface area contributed by atoms with Crippen LogP contribution in [0.2, 0.25) is 0 Å². The Morgan fingerprint density at radius 3 is 2.83 bits per heavy atom. The van der Waals surface area contributed by atoms with Gasteiger partial charge in [0.2, 0.25) is 0 Å². The van der Waals surface area contributed by atoms with Gasteiger partial charge >= 0.3 is 0 Å². The molecule has 2 N–H and O–H groups in total. The minimum atomic E-state index is 0.396. The van der Waals surface area contributed by atoms with Crippen molar-refractivity contribution in [3.63, 3.8) is 0 Å². The third-order valence-electron chi connectivity index (χ3n) is 1.79. The summed E-state index contributed by atoms with van der Waals surface area (Å²) in [7, 11) is 0. The lowest BCUT2D eigenvalue weighted by molar-refractivity contribution is 0.771. The number of hydrogen-bond acceptors (Lipinski definition) is 3. The van der Waals surface area contributed by atoms with Gasteiger partial charge in [-0.25, -0.2) is 0 Å². The molecule has 0 amide bonds. The van der Waals surface area contributed by atoms with Gasteiger partial charge in [0, 0.05) is 18.0 Å². The van der Waals surface area contributed by atoms with E-state index in [9.17, 15) is 0 Å². The topological polar surface area (TPSA) is 24.1 Å². The average Bonchev–Trinajstić information content (AvgIpc) is 2.59. The molecule has 0 spiro atoms. The molecule has 1 unspecified atom stereocenters. The van der Waals surface area contributed by atoms with Crippen LogP contribution in [0.15, 0.2) is 30.3 Å². The summed E-state index contributed by atoms with van der Waals surface area (Å²) in [5.74, 6) is 1.20. The van der Waals surface area contributed by atoms with Crippen LogP contribution >= 0.6 is 11.8 Å². The smallest absolute Gasteiger partial charge is 0.125 e. The van der Waals surface area contributed by atoms with E-state index >= 15 is 0 Å². The van der Waals surface area contributed by atoms with E-state index in [0.717, 1.165) is 6.54 Å². The summed E-state index contributed by atoms with van der Waals surface area (Å²) in [4.78, 5) is 0. The molecule has 0 aliphatic carbocycles. The van der Waals surface area contributed by atoms with Gasteiger partial charge in [-0.2, -0.15) is 0 Å². The van der Waals surface area contributed by atoms with E-state index in [2.05, 4.69) is 22.8 Å². The number of hydrogen-bond donors (Lipinski definition) is 2. The lowest BCUT2D eigenvalue weighted by Crippen LogP contribution is -2.27. The van der Waals surface area contributed by atoms with E-state index < -0.39 is 0 Å². The van der Waals surface area contributed by atoms with Gasteiger partial charge in [0.1, 0.15) is 5.50 Å². The van der Waals surface area contributed by atoms with Gasteiger partial charge in [-0.05, 0) is 12.1 Å². The molecule has 1 aromatic carbocycles. The highest BCUT2D eigenvalue weighted by Crippen LogP contribution is 2.16. The van der Waals surface area contributed by atoms with E-state index in [1.165, 1.54) is 11.4 Å². The van der Waals surface area contributed by atoms with Gasteiger partial charge < -0.3 is 5.32 Å². The Balaban J connectivity index is 1.94. The Bertz CT molecular complexity index is 232. The lowest BCUT2D eigenvalue weighted by atomic mass is 10.3. The Hall–Kier alpha value is -0.670. The van der Waals surface area contributed by atoms with Gasteiger partial charge in [0.15, 0.2) is 0 Å². The summed E-state index contributed by atoms with van der Waals surface area (Å²) in [5.41, 5.74) is 1.58. The summed E-state index contributed by atoms with van der Waals surface area (Å²) in [5, 5.41) is 6.75. The Labute approximate surface area is 76.7 Å². The molecule has 0 aromatic heterocycles. The van der Waals surface area contributed by atoms with Gasteiger partial charge in [0.25, 0.3) is 0 Å². The maximum absolute atomic E-state index is 3.39. The molecule has 2 rings (SSSR count). The summed E-state index contributed by atoms with van der Waals surface area (Å²) >= 11 is 1.91. The highest BCUT2D eigenvalue weighted by atomic mass is 32.2. The zero-order chi connectivity index (χ0) is 8.23. The van der Waals surface area contributed by atoms with Crippen molar-refractivity contribution in [2.24, 2.45) is 0 Å². The normalized spacial score (nSPS) is 22.5. The second-order valence-corrected chi connectivity index (χ2v) is 3.93. The van der Waals surface area contributed by atoms with Crippen molar-refractivity contribution < 1.29 is 0 Å². The molecule has 0 saturated carbocycles. The third-order valence-corrected chi connectivity index (χ3v) is 2.85. The van der Waals surface area contributed by atoms with Crippen LogP contribution in [-0.4, -0.2) is 17.8 Å². The van der Waals surface area contributed by atoms with Crippen LogP contribution in [0, 0.1) is 0 Å². The summed E-state index contributed by atoms with van der Waals surface area (Å²) in [6.07, 6.45) is 0. The predicted octanol–water partition coefficient (Wildman–Crippen LogP) is 1.72. The number of para-hydroxylation sites is 1. The SMILES string of the molecule is c1ccc(NC2NCCS2)cc1. The first-order valence-electron chi connectivity index (χ1n) is 4.12. The van der Waals surface area contributed by atoms with Crippen molar-refractivity contribution >= 4 is 17.4 Å². The van der Waals surface area contributed by atoms with Crippen LogP contribution in [0.1, 0.15) is 0 Å². The van der Waals surface area contributed by atoms with Gasteiger partial charge in [-0.1, -0.05) is 18.2 Å². The average molecular weight is 180 g/mol. The first-order valence-corrected chi connectivity index (χ1v) is 5.16. The lowest BCUT2D eigenvalue weighted by Gasteiger charge is -2.12. The predicted molar refractivity (Wildman–Crippen MR) is 54.3 cm³/mol. The zero-order valence-electron chi connectivity index (χ0n) is 6.79. The molecule has 2 nitrogen and oxygen atoms in total. The van der Waals surface area contributed by atoms with E-state index in [-0.39, 0.29) is 0 Å². The second-order valence-electron chi connectivity index (χ2n) is 2.72.